The second kappa shape index (κ2) is 6.80. The van der Waals surface area contributed by atoms with Crippen LogP contribution in [0.2, 0.25) is 0 Å². The number of rotatable bonds is 6. The third-order valence-electron chi connectivity index (χ3n) is 4.59. The van der Waals surface area contributed by atoms with E-state index in [1.807, 2.05) is 0 Å². The van der Waals surface area contributed by atoms with E-state index in [4.69, 9.17) is 4.98 Å². The average molecular weight is 300 g/mol. The Bertz CT molecular complexity index is 611. The van der Waals surface area contributed by atoms with Gasteiger partial charge in [-0.05, 0) is 59.1 Å². The van der Waals surface area contributed by atoms with E-state index < -0.39 is 0 Å². The summed E-state index contributed by atoms with van der Waals surface area (Å²) in [7, 11) is 4.28. The van der Waals surface area contributed by atoms with Crippen molar-refractivity contribution in [2.45, 2.75) is 32.2 Å². The quantitative estimate of drug-likeness (QED) is 0.820. The number of para-hydroxylation sites is 2. The molecule has 0 unspecified atom stereocenters. The number of hydrogen-bond donors (Lipinski definition) is 0. The summed E-state index contributed by atoms with van der Waals surface area (Å²) in [5, 5.41) is 0. The summed E-state index contributed by atoms with van der Waals surface area (Å²) < 4.78 is 2.45. The van der Waals surface area contributed by atoms with Crippen LogP contribution in [0.1, 0.15) is 31.6 Å². The maximum Gasteiger partial charge on any atom is 0.111 e. The van der Waals surface area contributed by atoms with E-state index in [1.165, 1.54) is 37.3 Å². The van der Waals surface area contributed by atoms with Crippen molar-refractivity contribution in [1.29, 1.82) is 0 Å². The van der Waals surface area contributed by atoms with Crippen LogP contribution in [0, 0.1) is 0 Å². The lowest BCUT2D eigenvalue weighted by Gasteiger charge is -2.22. The summed E-state index contributed by atoms with van der Waals surface area (Å²) in [5.41, 5.74) is 2.40. The van der Waals surface area contributed by atoms with E-state index in [0.717, 1.165) is 25.0 Å². The number of likely N-dealkylation sites (tertiary alicyclic amines) is 1. The molecule has 1 fully saturated rings. The van der Waals surface area contributed by atoms with Crippen molar-refractivity contribution in [1.82, 2.24) is 19.4 Å². The monoisotopic (exact) mass is 300 g/mol. The first-order chi connectivity index (χ1) is 10.6. The highest BCUT2D eigenvalue weighted by molar-refractivity contribution is 5.76. The molecule has 2 aromatic rings. The van der Waals surface area contributed by atoms with Crippen LogP contribution >= 0.6 is 0 Å². The average Bonchev–Trinajstić information content (AvgIpc) is 3.11. The minimum atomic E-state index is 0.441. The number of benzene rings is 1. The molecular weight excluding hydrogens is 272 g/mol. The lowest BCUT2D eigenvalue weighted by Crippen LogP contribution is -2.26. The summed E-state index contributed by atoms with van der Waals surface area (Å²) in [6, 6.07) is 8.98. The predicted molar refractivity (Wildman–Crippen MR) is 92.4 cm³/mol. The topological polar surface area (TPSA) is 24.3 Å². The molecule has 0 aliphatic carbocycles. The van der Waals surface area contributed by atoms with Gasteiger partial charge in [-0.15, -0.1) is 0 Å². The molecule has 1 saturated heterocycles. The van der Waals surface area contributed by atoms with Crippen molar-refractivity contribution in [2.75, 3.05) is 40.3 Å². The maximum absolute atomic E-state index is 4.92. The third-order valence-corrected chi connectivity index (χ3v) is 4.59. The number of likely N-dealkylation sites (N-methyl/N-ethyl adjacent to an activating group) is 1. The van der Waals surface area contributed by atoms with Gasteiger partial charge in [0.05, 0.1) is 11.0 Å². The molecule has 120 valence electrons. The van der Waals surface area contributed by atoms with Crippen LogP contribution < -0.4 is 0 Å². The Morgan fingerprint density at radius 2 is 1.91 bits per heavy atom. The van der Waals surface area contributed by atoms with Crippen LogP contribution in [0.4, 0.5) is 0 Å². The Morgan fingerprint density at radius 1 is 1.18 bits per heavy atom. The van der Waals surface area contributed by atoms with Gasteiger partial charge in [-0.1, -0.05) is 12.1 Å². The van der Waals surface area contributed by atoms with E-state index in [-0.39, 0.29) is 0 Å². The molecule has 1 atom stereocenters. The van der Waals surface area contributed by atoms with E-state index in [1.54, 1.807) is 0 Å². The highest BCUT2D eigenvalue weighted by atomic mass is 15.2. The summed E-state index contributed by atoms with van der Waals surface area (Å²) >= 11 is 0. The summed E-state index contributed by atoms with van der Waals surface area (Å²) in [5.74, 6) is 1.24. The first-order valence-corrected chi connectivity index (χ1v) is 8.48. The lowest BCUT2D eigenvalue weighted by atomic mass is 10.2. The normalized spacial score (nSPS) is 17.6. The van der Waals surface area contributed by atoms with Crippen LogP contribution in [0.3, 0.4) is 0 Å². The predicted octanol–water partition coefficient (Wildman–Crippen LogP) is 2.80. The van der Waals surface area contributed by atoms with Gasteiger partial charge in [-0.2, -0.15) is 0 Å². The first kappa shape index (κ1) is 15.5. The molecule has 4 heteroatoms. The van der Waals surface area contributed by atoms with Gasteiger partial charge in [0.2, 0.25) is 0 Å². The molecule has 1 aliphatic heterocycles. The molecular formula is C18H28N4. The second-order valence-corrected chi connectivity index (χ2v) is 6.80. The Kier molecular flexibility index (Phi) is 4.79. The molecule has 0 amide bonds. The van der Waals surface area contributed by atoms with E-state index in [0.29, 0.717) is 6.04 Å². The highest BCUT2D eigenvalue weighted by Crippen LogP contribution is 2.22. The highest BCUT2D eigenvalue weighted by Gasteiger charge is 2.18. The number of fused-ring (bicyclic) bond motifs is 1. The minimum absolute atomic E-state index is 0.441. The van der Waals surface area contributed by atoms with Crippen molar-refractivity contribution < 1.29 is 0 Å². The van der Waals surface area contributed by atoms with Gasteiger partial charge in [0.25, 0.3) is 0 Å². The molecule has 0 radical (unpaired) electrons. The standard InChI is InChI=1S/C18H28N4/c1-15(14-20(2)3)22-17-9-5-4-8-16(17)19-18(22)10-13-21-11-6-7-12-21/h4-5,8-9,15H,6-7,10-14H2,1-3H3/t15-/m1/s1. The van der Waals surface area contributed by atoms with E-state index in [2.05, 4.69) is 59.7 Å². The van der Waals surface area contributed by atoms with Crippen LogP contribution in [0.25, 0.3) is 11.0 Å². The van der Waals surface area contributed by atoms with Gasteiger partial charge in [-0.25, -0.2) is 4.98 Å². The van der Waals surface area contributed by atoms with Crippen molar-refractivity contribution in [3.05, 3.63) is 30.1 Å². The second-order valence-electron chi connectivity index (χ2n) is 6.80. The van der Waals surface area contributed by atoms with Crippen molar-refractivity contribution in [3.8, 4) is 0 Å². The molecule has 0 bridgehead atoms. The first-order valence-electron chi connectivity index (χ1n) is 8.48. The SMILES string of the molecule is C[C@H](CN(C)C)n1c(CCN2CCCC2)nc2ccccc21. The molecule has 22 heavy (non-hydrogen) atoms. The minimum Gasteiger partial charge on any atom is -0.324 e. The fourth-order valence-electron chi connectivity index (χ4n) is 3.64. The summed E-state index contributed by atoms with van der Waals surface area (Å²) in [6.07, 6.45) is 3.76. The van der Waals surface area contributed by atoms with Crippen LogP contribution in [-0.2, 0) is 6.42 Å². The maximum atomic E-state index is 4.92. The molecule has 1 aromatic heterocycles. The van der Waals surface area contributed by atoms with E-state index >= 15 is 0 Å². The summed E-state index contributed by atoms with van der Waals surface area (Å²) in [6.45, 7) is 6.99. The number of imidazole rings is 1. The molecule has 1 aliphatic rings. The van der Waals surface area contributed by atoms with Crippen LogP contribution in [0.15, 0.2) is 24.3 Å². The van der Waals surface area contributed by atoms with Crippen LogP contribution in [-0.4, -0.2) is 59.6 Å². The van der Waals surface area contributed by atoms with Gasteiger partial charge >= 0.3 is 0 Å². The zero-order chi connectivity index (χ0) is 15.5. The van der Waals surface area contributed by atoms with Gasteiger partial charge in [-0.3, -0.25) is 0 Å². The zero-order valence-corrected chi connectivity index (χ0v) is 14.1. The van der Waals surface area contributed by atoms with Crippen molar-refractivity contribution in [3.63, 3.8) is 0 Å². The summed E-state index contributed by atoms with van der Waals surface area (Å²) in [4.78, 5) is 9.74. The number of aromatic nitrogens is 2. The molecule has 1 aromatic carbocycles. The van der Waals surface area contributed by atoms with Gasteiger partial charge < -0.3 is 14.4 Å². The van der Waals surface area contributed by atoms with Crippen LogP contribution in [0.5, 0.6) is 0 Å². The van der Waals surface area contributed by atoms with Gasteiger partial charge in [0.1, 0.15) is 5.82 Å². The molecule has 3 rings (SSSR count). The van der Waals surface area contributed by atoms with E-state index in [9.17, 15) is 0 Å². The van der Waals surface area contributed by atoms with Crippen molar-refractivity contribution >= 4 is 11.0 Å². The Labute approximate surface area is 133 Å². The Balaban J connectivity index is 1.86. The number of nitrogens with zero attached hydrogens (tertiary/aromatic N) is 4. The lowest BCUT2D eigenvalue weighted by molar-refractivity contribution is 0.321. The van der Waals surface area contributed by atoms with Crippen molar-refractivity contribution in [2.24, 2.45) is 0 Å². The molecule has 0 N–H and O–H groups in total. The third kappa shape index (κ3) is 3.33. The molecule has 0 saturated carbocycles. The Hall–Kier alpha value is -1.39. The number of hydrogen-bond acceptors (Lipinski definition) is 3. The Morgan fingerprint density at radius 3 is 2.64 bits per heavy atom. The largest absolute Gasteiger partial charge is 0.324 e. The smallest absolute Gasteiger partial charge is 0.111 e. The fourth-order valence-corrected chi connectivity index (χ4v) is 3.64. The molecule has 0 spiro atoms. The molecule has 2 heterocycles. The fraction of sp³-hybridized carbons (Fsp3) is 0.611. The van der Waals surface area contributed by atoms with Gasteiger partial charge in [0.15, 0.2) is 0 Å². The molecule has 4 nitrogen and oxygen atoms in total. The van der Waals surface area contributed by atoms with Gasteiger partial charge in [0, 0.05) is 25.6 Å². The zero-order valence-electron chi connectivity index (χ0n) is 14.1.